The van der Waals surface area contributed by atoms with Crippen LogP contribution in [0.3, 0.4) is 0 Å². The summed E-state index contributed by atoms with van der Waals surface area (Å²) < 4.78 is 2.52. The number of hydrogen-bond acceptors (Lipinski definition) is 3. The summed E-state index contributed by atoms with van der Waals surface area (Å²) in [5.41, 5.74) is 1.39. The van der Waals surface area contributed by atoms with Crippen molar-refractivity contribution in [1.29, 1.82) is 0 Å². The first kappa shape index (κ1) is 23.0. The van der Waals surface area contributed by atoms with Gasteiger partial charge in [-0.25, -0.2) is 4.98 Å². The smallest absolute Gasteiger partial charge is 0.112 e. The highest BCUT2D eigenvalue weighted by molar-refractivity contribution is 5.86. The minimum absolute atomic E-state index is 0. The Morgan fingerprint density at radius 2 is 1.56 bits per heavy atom. The van der Waals surface area contributed by atoms with E-state index in [0.717, 1.165) is 25.6 Å². The van der Waals surface area contributed by atoms with Crippen LogP contribution in [0.25, 0.3) is 0 Å². The lowest BCUT2D eigenvalue weighted by Gasteiger charge is -2.24. The van der Waals surface area contributed by atoms with E-state index in [1.165, 1.54) is 76.1 Å². The highest BCUT2D eigenvalue weighted by atomic mass is 35.5. The van der Waals surface area contributed by atoms with E-state index in [1.807, 2.05) is 0 Å². The topological polar surface area (TPSA) is 33.1 Å². The molecule has 2 saturated heterocycles. The zero-order chi connectivity index (χ0) is 14.8. The molecule has 0 atom stereocenters. The van der Waals surface area contributed by atoms with Crippen molar-refractivity contribution in [2.24, 2.45) is 0 Å². The van der Waals surface area contributed by atoms with Crippen molar-refractivity contribution in [3.05, 3.63) is 17.7 Å². The van der Waals surface area contributed by atoms with Gasteiger partial charge < -0.3 is 14.8 Å². The second-order valence-electron chi connectivity index (χ2n) is 7.42. The maximum absolute atomic E-state index is 5.12. The summed E-state index contributed by atoms with van der Waals surface area (Å²) in [7, 11) is 0. The summed E-state index contributed by atoms with van der Waals surface area (Å²) in [5.74, 6) is 2.82. The van der Waals surface area contributed by atoms with Crippen LogP contribution in [0.2, 0.25) is 0 Å². The van der Waals surface area contributed by atoms with Gasteiger partial charge in [0, 0.05) is 31.1 Å². The van der Waals surface area contributed by atoms with Gasteiger partial charge in [-0.15, -0.1) is 37.2 Å². The van der Waals surface area contributed by atoms with Crippen LogP contribution in [0, 0.1) is 0 Å². The lowest BCUT2D eigenvalue weighted by Crippen LogP contribution is -2.29. The largest absolute Gasteiger partial charge is 0.333 e. The highest BCUT2D eigenvalue weighted by Crippen LogP contribution is 2.37. The number of hydrogen-bond donors (Lipinski definition) is 1. The number of halogens is 3. The molecule has 0 aromatic carbocycles. The van der Waals surface area contributed by atoms with E-state index in [-0.39, 0.29) is 37.2 Å². The summed E-state index contributed by atoms with van der Waals surface area (Å²) in [6, 6.07) is 0. The standard InChI is InChI=1S/C18H30N4.3ClH/c1-2-11-21(10-1)12-13-22-14-17(15-4-3-5-15)20-18(22)16-6-8-19-9-7-16;;;/h14-16,19H,1-13H2;3*1H. The Balaban J connectivity index is 0.00000104. The van der Waals surface area contributed by atoms with Gasteiger partial charge in [-0.2, -0.15) is 0 Å². The SMILES string of the molecule is Cl.Cl.Cl.c1c(C2CCC2)nc(C2CCNCC2)n1CCN1CCCC1. The fourth-order valence-corrected chi connectivity index (χ4v) is 4.19. The van der Waals surface area contributed by atoms with Crippen LogP contribution in [-0.2, 0) is 6.54 Å². The van der Waals surface area contributed by atoms with Gasteiger partial charge >= 0.3 is 0 Å². The summed E-state index contributed by atoms with van der Waals surface area (Å²) in [6.45, 7) is 7.25. The van der Waals surface area contributed by atoms with Crippen molar-refractivity contribution < 1.29 is 0 Å². The monoisotopic (exact) mass is 410 g/mol. The molecule has 0 amide bonds. The Bertz CT molecular complexity index is 493. The van der Waals surface area contributed by atoms with Gasteiger partial charge in [-0.3, -0.25) is 0 Å². The molecule has 1 N–H and O–H groups in total. The van der Waals surface area contributed by atoms with Crippen LogP contribution < -0.4 is 5.32 Å². The second-order valence-corrected chi connectivity index (χ2v) is 7.42. The molecule has 3 fully saturated rings. The summed E-state index contributed by atoms with van der Waals surface area (Å²) in [5, 5.41) is 3.49. The predicted molar refractivity (Wildman–Crippen MR) is 111 cm³/mol. The first-order chi connectivity index (χ1) is 10.9. The molecule has 25 heavy (non-hydrogen) atoms. The van der Waals surface area contributed by atoms with E-state index >= 15 is 0 Å². The summed E-state index contributed by atoms with van der Waals surface area (Å²) in [4.78, 5) is 7.74. The van der Waals surface area contributed by atoms with E-state index in [4.69, 9.17) is 4.98 Å². The van der Waals surface area contributed by atoms with Crippen LogP contribution in [0.5, 0.6) is 0 Å². The average molecular weight is 412 g/mol. The molecule has 0 unspecified atom stereocenters. The zero-order valence-corrected chi connectivity index (χ0v) is 17.4. The summed E-state index contributed by atoms with van der Waals surface area (Å²) in [6.07, 6.45) is 11.8. The van der Waals surface area contributed by atoms with Gasteiger partial charge in [0.25, 0.3) is 0 Å². The lowest BCUT2D eigenvalue weighted by molar-refractivity contribution is 0.316. The van der Waals surface area contributed by atoms with Gasteiger partial charge in [0.15, 0.2) is 0 Å². The van der Waals surface area contributed by atoms with Gasteiger partial charge in [-0.1, -0.05) is 6.42 Å². The molecule has 1 aliphatic carbocycles. The fourth-order valence-electron chi connectivity index (χ4n) is 4.19. The van der Waals surface area contributed by atoms with Crippen molar-refractivity contribution in [3.8, 4) is 0 Å². The first-order valence-electron chi connectivity index (χ1n) is 9.40. The van der Waals surface area contributed by atoms with Crippen LogP contribution in [0.4, 0.5) is 0 Å². The highest BCUT2D eigenvalue weighted by Gasteiger charge is 2.27. The van der Waals surface area contributed by atoms with E-state index in [0.29, 0.717) is 5.92 Å². The van der Waals surface area contributed by atoms with Crippen molar-refractivity contribution >= 4 is 37.2 Å². The minimum atomic E-state index is 0. The molecule has 1 aromatic heterocycles. The molecular formula is C18H33Cl3N4. The third kappa shape index (κ3) is 5.49. The number of rotatable bonds is 5. The van der Waals surface area contributed by atoms with Gasteiger partial charge in [0.2, 0.25) is 0 Å². The summed E-state index contributed by atoms with van der Waals surface area (Å²) >= 11 is 0. The Hall–Kier alpha value is -0.000000000000000160. The van der Waals surface area contributed by atoms with Crippen molar-refractivity contribution in [2.75, 3.05) is 32.7 Å². The normalized spacial score (nSPS) is 21.8. The predicted octanol–water partition coefficient (Wildman–Crippen LogP) is 3.98. The number of piperidine rings is 1. The van der Waals surface area contributed by atoms with E-state index in [1.54, 1.807) is 0 Å². The fraction of sp³-hybridized carbons (Fsp3) is 0.833. The molecule has 0 radical (unpaired) electrons. The van der Waals surface area contributed by atoms with Crippen molar-refractivity contribution in [1.82, 2.24) is 19.8 Å². The van der Waals surface area contributed by atoms with Crippen LogP contribution >= 0.6 is 37.2 Å². The van der Waals surface area contributed by atoms with E-state index < -0.39 is 0 Å². The van der Waals surface area contributed by atoms with Crippen LogP contribution in [0.15, 0.2) is 6.20 Å². The second kappa shape index (κ2) is 11.0. The Kier molecular flexibility index (Phi) is 10.1. The Morgan fingerprint density at radius 3 is 2.16 bits per heavy atom. The van der Waals surface area contributed by atoms with E-state index in [9.17, 15) is 0 Å². The molecule has 7 heteroatoms. The molecule has 0 bridgehead atoms. The third-order valence-electron chi connectivity index (χ3n) is 5.91. The maximum atomic E-state index is 5.12. The number of nitrogens with zero attached hydrogens (tertiary/aromatic N) is 3. The molecule has 3 aliphatic rings. The quantitative estimate of drug-likeness (QED) is 0.795. The molecule has 1 aromatic rings. The number of imidazole rings is 1. The first-order valence-corrected chi connectivity index (χ1v) is 9.40. The van der Waals surface area contributed by atoms with Gasteiger partial charge in [-0.05, 0) is 64.7 Å². The van der Waals surface area contributed by atoms with Crippen molar-refractivity contribution in [3.63, 3.8) is 0 Å². The third-order valence-corrected chi connectivity index (χ3v) is 5.91. The maximum Gasteiger partial charge on any atom is 0.112 e. The molecule has 3 heterocycles. The minimum Gasteiger partial charge on any atom is -0.333 e. The van der Waals surface area contributed by atoms with E-state index in [2.05, 4.69) is 21.0 Å². The number of likely N-dealkylation sites (tertiary alicyclic amines) is 1. The zero-order valence-electron chi connectivity index (χ0n) is 15.0. The number of aromatic nitrogens is 2. The average Bonchev–Trinajstić information content (AvgIpc) is 3.14. The molecule has 1 saturated carbocycles. The van der Waals surface area contributed by atoms with Crippen LogP contribution in [-0.4, -0.2) is 47.2 Å². The van der Waals surface area contributed by atoms with Gasteiger partial charge in [0.05, 0.1) is 5.69 Å². The Labute approximate surface area is 170 Å². The lowest BCUT2D eigenvalue weighted by atomic mass is 9.83. The molecule has 4 rings (SSSR count). The number of nitrogens with one attached hydrogen (secondary N) is 1. The molecule has 4 nitrogen and oxygen atoms in total. The molecular weight excluding hydrogens is 379 g/mol. The van der Waals surface area contributed by atoms with Crippen LogP contribution in [0.1, 0.15) is 68.3 Å². The Morgan fingerprint density at radius 1 is 0.880 bits per heavy atom. The van der Waals surface area contributed by atoms with Crippen molar-refractivity contribution in [2.45, 2.75) is 63.3 Å². The molecule has 2 aliphatic heterocycles. The molecule has 0 spiro atoms. The van der Waals surface area contributed by atoms with Gasteiger partial charge in [0.1, 0.15) is 5.82 Å². The molecule has 146 valence electrons.